The summed E-state index contributed by atoms with van der Waals surface area (Å²) >= 11 is 0. The predicted octanol–water partition coefficient (Wildman–Crippen LogP) is 1.57. The standard InChI is InChI=1S/C19H32N4O2/c1-14(2)23-15(3)11-17(16(23)4)18(24)12-21-7-9-22(10-8-21)13-19(25)20(5)6/h11,14H,7-10,12-13H2,1-6H3. The maximum absolute atomic E-state index is 12.7. The number of amides is 1. The highest BCUT2D eigenvalue weighted by atomic mass is 16.2. The number of likely N-dealkylation sites (N-methyl/N-ethyl adjacent to an activating group) is 1. The van der Waals surface area contributed by atoms with Crippen molar-refractivity contribution in [3.63, 3.8) is 0 Å². The summed E-state index contributed by atoms with van der Waals surface area (Å²) in [6, 6.07) is 2.38. The van der Waals surface area contributed by atoms with Crippen molar-refractivity contribution >= 4 is 11.7 Å². The van der Waals surface area contributed by atoms with Gasteiger partial charge in [0.25, 0.3) is 0 Å². The van der Waals surface area contributed by atoms with Crippen LogP contribution in [0.15, 0.2) is 6.07 Å². The van der Waals surface area contributed by atoms with Gasteiger partial charge in [-0.25, -0.2) is 0 Å². The second kappa shape index (κ2) is 8.15. The van der Waals surface area contributed by atoms with E-state index in [1.54, 1.807) is 19.0 Å². The van der Waals surface area contributed by atoms with Crippen LogP contribution in [0.1, 0.15) is 41.6 Å². The van der Waals surface area contributed by atoms with E-state index in [4.69, 9.17) is 0 Å². The molecule has 0 N–H and O–H groups in total. The fourth-order valence-electron chi connectivity index (χ4n) is 3.58. The lowest BCUT2D eigenvalue weighted by atomic mass is 10.1. The van der Waals surface area contributed by atoms with Crippen LogP contribution >= 0.6 is 0 Å². The van der Waals surface area contributed by atoms with Crippen molar-refractivity contribution in [1.82, 2.24) is 19.3 Å². The minimum absolute atomic E-state index is 0.130. The van der Waals surface area contributed by atoms with Gasteiger partial charge in [-0.1, -0.05) is 0 Å². The highest BCUT2D eigenvalue weighted by Crippen LogP contribution is 2.21. The molecule has 0 aromatic carbocycles. The van der Waals surface area contributed by atoms with E-state index in [0.717, 1.165) is 43.1 Å². The first-order valence-corrected chi connectivity index (χ1v) is 9.07. The molecular weight excluding hydrogens is 316 g/mol. The second-order valence-corrected chi connectivity index (χ2v) is 7.51. The molecule has 0 atom stereocenters. The highest BCUT2D eigenvalue weighted by Gasteiger charge is 2.23. The Bertz CT molecular complexity index is 626. The monoisotopic (exact) mass is 348 g/mol. The SMILES string of the molecule is Cc1cc(C(=O)CN2CCN(CC(=O)N(C)C)CC2)c(C)n1C(C)C. The molecule has 1 aliphatic heterocycles. The zero-order valence-electron chi connectivity index (χ0n) is 16.5. The van der Waals surface area contributed by atoms with Crippen LogP contribution in [0.2, 0.25) is 0 Å². The van der Waals surface area contributed by atoms with Gasteiger partial charge in [0.15, 0.2) is 5.78 Å². The number of rotatable bonds is 6. The lowest BCUT2D eigenvalue weighted by molar-refractivity contribution is -0.130. The summed E-state index contributed by atoms with van der Waals surface area (Å²) in [5.41, 5.74) is 3.05. The van der Waals surface area contributed by atoms with Crippen LogP contribution in [-0.4, -0.2) is 84.3 Å². The Morgan fingerprint density at radius 1 is 1.04 bits per heavy atom. The maximum atomic E-state index is 12.7. The Hall–Kier alpha value is -1.66. The highest BCUT2D eigenvalue weighted by molar-refractivity contribution is 5.99. The molecule has 1 aromatic rings. The molecule has 6 nitrogen and oxygen atoms in total. The van der Waals surface area contributed by atoms with Crippen molar-refractivity contribution in [2.45, 2.75) is 33.7 Å². The van der Waals surface area contributed by atoms with Crippen LogP contribution in [0.4, 0.5) is 0 Å². The van der Waals surface area contributed by atoms with Crippen LogP contribution in [0.25, 0.3) is 0 Å². The zero-order valence-corrected chi connectivity index (χ0v) is 16.5. The zero-order chi connectivity index (χ0) is 18.7. The van der Waals surface area contributed by atoms with Crippen molar-refractivity contribution in [2.75, 3.05) is 53.4 Å². The number of piperazine rings is 1. The molecule has 0 aliphatic carbocycles. The Morgan fingerprint density at radius 2 is 1.56 bits per heavy atom. The number of aromatic nitrogens is 1. The largest absolute Gasteiger partial charge is 0.348 e. The number of ketones is 1. The third-order valence-electron chi connectivity index (χ3n) is 4.99. The molecule has 140 valence electrons. The van der Waals surface area contributed by atoms with Gasteiger partial charge in [-0.15, -0.1) is 0 Å². The second-order valence-electron chi connectivity index (χ2n) is 7.51. The quantitative estimate of drug-likeness (QED) is 0.733. The van der Waals surface area contributed by atoms with Crippen molar-refractivity contribution in [3.8, 4) is 0 Å². The summed E-state index contributed by atoms with van der Waals surface area (Å²) in [6.45, 7) is 12.6. The molecule has 0 saturated carbocycles. The summed E-state index contributed by atoms with van der Waals surface area (Å²) < 4.78 is 2.22. The van der Waals surface area contributed by atoms with Crippen molar-refractivity contribution < 1.29 is 9.59 Å². The topological polar surface area (TPSA) is 48.8 Å². The number of hydrogen-bond donors (Lipinski definition) is 0. The van der Waals surface area contributed by atoms with Gasteiger partial charge in [0.05, 0.1) is 13.1 Å². The molecule has 1 saturated heterocycles. The first kappa shape index (κ1) is 19.7. The summed E-state index contributed by atoms with van der Waals surface area (Å²) in [5, 5.41) is 0. The van der Waals surface area contributed by atoms with Crippen molar-refractivity contribution in [3.05, 3.63) is 23.0 Å². The number of carbonyl (C=O) groups excluding carboxylic acids is 2. The Balaban J connectivity index is 1.91. The Kier molecular flexibility index (Phi) is 6.41. The van der Waals surface area contributed by atoms with Gasteiger partial charge in [0, 0.05) is 63.3 Å². The van der Waals surface area contributed by atoms with Crippen LogP contribution < -0.4 is 0 Å². The molecule has 2 rings (SSSR count). The number of carbonyl (C=O) groups is 2. The van der Waals surface area contributed by atoms with Crippen molar-refractivity contribution in [1.29, 1.82) is 0 Å². The summed E-state index contributed by atoms with van der Waals surface area (Å²) in [4.78, 5) is 30.5. The van der Waals surface area contributed by atoms with Gasteiger partial charge >= 0.3 is 0 Å². The number of Topliss-reactive ketones (excluding diaryl/α,β-unsaturated/α-hetero) is 1. The Labute approximate surface area is 151 Å². The van der Waals surface area contributed by atoms with Gasteiger partial charge in [-0.3, -0.25) is 19.4 Å². The van der Waals surface area contributed by atoms with Gasteiger partial charge in [-0.05, 0) is 33.8 Å². The molecule has 0 radical (unpaired) electrons. The Morgan fingerprint density at radius 3 is 2.00 bits per heavy atom. The first-order valence-electron chi connectivity index (χ1n) is 9.07. The average Bonchev–Trinajstić information content (AvgIpc) is 2.84. The molecule has 1 fully saturated rings. The van der Waals surface area contributed by atoms with Gasteiger partial charge in [-0.2, -0.15) is 0 Å². The van der Waals surface area contributed by atoms with Gasteiger partial charge in [0.1, 0.15) is 0 Å². The molecule has 2 heterocycles. The van der Waals surface area contributed by atoms with Crippen LogP contribution in [0.5, 0.6) is 0 Å². The molecular formula is C19H32N4O2. The van der Waals surface area contributed by atoms with E-state index in [9.17, 15) is 9.59 Å². The molecule has 1 aromatic heterocycles. The van der Waals surface area contributed by atoms with E-state index in [1.807, 2.05) is 13.0 Å². The minimum Gasteiger partial charge on any atom is -0.348 e. The van der Waals surface area contributed by atoms with Gasteiger partial charge in [0.2, 0.25) is 5.91 Å². The lowest BCUT2D eigenvalue weighted by Gasteiger charge is -2.34. The molecule has 1 amide bonds. The fourth-order valence-corrected chi connectivity index (χ4v) is 3.58. The molecule has 0 bridgehead atoms. The summed E-state index contributed by atoms with van der Waals surface area (Å²) in [6.07, 6.45) is 0. The van der Waals surface area contributed by atoms with E-state index < -0.39 is 0 Å². The van der Waals surface area contributed by atoms with E-state index >= 15 is 0 Å². The van der Waals surface area contributed by atoms with E-state index in [0.29, 0.717) is 19.1 Å². The molecule has 6 heteroatoms. The molecule has 0 spiro atoms. The van der Waals surface area contributed by atoms with Crippen LogP contribution in [0, 0.1) is 13.8 Å². The molecule has 25 heavy (non-hydrogen) atoms. The summed E-state index contributed by atoms with van der Waals surface area (Å²) in [7, 11) is 3.57. The van der Waals surface area contributed by atoms with E-state index in [-0.39, 0.29) is 11.7 Å². The maximum Gasteiger partial charge on any atom is 0.236 e. The normalized spacial score (nSPS) is 16.4. The minimum atomic E-state index is 0.130. The smallest absolute Gasteiger partial charge is 0.236 e. The number of hydrogen-bond acceptors (Lipinski definition) is 4. The van der Waals surface area contributed by atoms with E-state index in [2.05, 4.69) is 35.1 Å². The molecule has 0 unspecified atom stereocenters. The average molecular weight is 348 g/mol. The third kappa shape index (κ3) is 4.70. The third-order valence-corrected chi connectivity index (χ3v) is 4.99. The predicted molar refractivity (Wildman–Crippen MR) is 100 cm³/mol. The van der Waals surface area contributed by atoms with Crippen molar-refractivity contribution in [2.24, 2.45) is 0 Å². The number of aryl methyl sites for hydroxylation is 1. The summed E-state index contributed by atoms with van der Waals surface area (Å²) in [5.74, 6) is 0.323. The first-order chi connectivity index (χ1) is 11.7. The van der Waals surface area contributed by atoms with Crippen LogP contribution in [0.3, 0.4) is 0 Å². The number of nitrogens with zero attached hydrogens (tertiary/aromatic N) is 4. The lowest BCUT2D eigenvalue weighted by Crippen LogP contribution is -2.50. The molecule has 1 aliphatic rings. The van der Waals surface area contributed by atoms with E-state index in [1.165, 1.54) is 0 Å². The van der Waals surface area contributed by atoms with Crippen LogP contribution in [-0.2, 0) is 4.79 Å². The van der Waals surface area contributed by atoms with Gasteiger partial charge < -0.3 is 9.47 Å². The fraction of sp³-hybridized carbons (Fsp3) is 0.684.